The number of nitrogens with zero attached hydrogens (tertiary/aromatic N) is 3. The molecule has 5 nitrogen and oxygen atoms in total. The predicted molar refractivity (Wildman–Crippen MR) is 103 cm³/mol. The molecular formula is C19H18BrN5S. The van der Waals surface area contributed by atoms with Gasteiger partial charge in [-0.2, -0.15) is 0 Å². The van der Waals surface area contributed by atoms with Crippen molar-refractivity contribution in [2.24, 2.45) is 17.3 Å². The molecular weight excluding hydrogens is 410 g/mol. The highest BCUT2D eigenvalue weighted by molar-refractivity contribution is 7.13. The van der Waals surface area contributed by atoms with Gasteiger partial charge in [0.1, 0.15) is 11.5 Å². The number of nitrogen functional groups attached to an aromatic ring is 1. The Morgan fingerprint density at radius 3 is 2.42 bits per heavy atom. The highest BCUT2D eigenvalue weighted by Gasteiger charge is 2.17. The molecule has 0 atom stereocenters. The van der Waals surface area contributed by atoms with Gasteiger partial charge in [0.2, 0.25) is 0 Å². The molecule has 132 valence electrons. The van der Waals surface area contributed by atoms with Crippen LogP contribution < -0.4 is 27.3 Å². The summed E-state index contributed by atoms with van der Waals surface area (Å²) < 4.78 is 2.05. The molecule has 2 aromatic heterocycles. The Morgan fingerprint density at radius 1 is 1.00 bits per heavy atom. The van der Waals surface area contributed by atoms with E-state index in [-0.39, 0.29) is 17.0 Å². The second-order valence-corrected chi connectivity index (χ2v) is 6.80. The lowest BCUT2D eigenvalue weighted by Crippen LogP contribution is -3.00. The Hall–Kier alpha value is -2.51. The summed E-state index contributed by atoms with van der Waals surface area (Å²) in [7, 11) is 2.00. The van der Waals surface area contributed by atoms with Crippen LogP contribution in [-0.4, -0.2) is 4.98 Å². The van der Waals surface area contributed by atoms with E-state index in [0.717, 1.165) is 21.6 Å². The summed E-state index contributed by atoms with van der Waals surface area (Å²) in [6.45, 7) is 2.09. The summed E-state index contributed by atoms with van der Waals surface area (Å²) in [5.41, 5.74) is 9.54. The maximum atomic E-state index is 6.01. The highest BCUT2D eigenvalue weighted by atomic mass is 79.9. The van der Waals surface area contributed by atoms with Crippen LogP contribution in [0.15, 0.2) is 64.1 Å². The molecule has 3 N–H and O–H groups in total. The SMILES string of the molecule is Cc1ccc(-c2csc(/N=N/c3[nH]c(N)c4ccccc34)[n+]2C)cc1.[Br-]. The van der Waals surface area contributed by atoms with Crippen molar-refractivity contribution in [1.29, 1.82) is 0 Å². The first-order chi connectivity index (χ1) is 12.1. The first kappa shape index (κ1) is 18.3. The normalized spacial score (nSPS) is 11.2. The number of nitrogens with two attached hydrogens (primary N) is 1. The second kappa shape index (κ2) is 7.39. The third-order valence-electron chi connectivity index (χ3n) is 4.23. The fourth-order valence-corrected chi connectivity index (χ4v) is 3.66. The molecule has 4 aromatic rings. The van der Waals surface area contributed by atoms with E-state index in [9.17, 15) is 0 Å². The Morgan fingerprint density at radius 2 is 1.69 bits per heavy atom. The van der Waals surface area contributed by atoms with E-state index in [1.165, 1.54) is 11.1 Å². The number of halogens is 1. The number of benzene rings is 2. The molecule has 26 heavy (non-hydrogen) atoms. The lowest BCUT2D eigenvalue weighted by Gasteiger charge is -1.98. The van der Waals surface area contributed by atoms with Crippen LogP contribution in [0.5, 0.6) is 0 Å². The number of aromatic amines is 1. The van der Waals surface area contributed by atoms with Crippen molar-refractivity contribution in [3.8, 4) is 11.3 Å². The van der Waals surface area contributed by atoms with Crippen molar-refractivity contribution < 1.29 is 21.5 Å². The zero-order valence-corrected chi connectivity index (χ0v) is 16.8. The van der Waals surface area contributed by atoms with Crippen LogP contribution in [0.3, 0.4) is 0 Å². The number of anilines is 1. The average Bonchev–Trinajstić information content (AvgIpc) is 3.15. The first-order valence-electron chi connectivity index (χ1n) is 7.96. The van der Waals surface area contributed by atoms with E-state index >= 15 is 0 Å². The summed E-state index contributed by atoms with van der Waals surface area (Å²) in [5, 5.41) is 13.7. The van der Waals surface area contributed by atoms with Crippen LogP contribution >= 0.6 is 11.3 Å². The van der Waals surface area contributed by atoms with Crippen molar-refractivity contribution in [2.45, 2.75) is 6.92 Å². The van der Waals surface area contributed by atoms with Gasteiger partial charge in [0, 0.05) is 21.7 Å². The number of hydrogen-bond acceptors (Lipinski definition) is 4. The minimum Gasteiger partial charge on any atom is -1.00 e. The number of fused-ring (bicyclic) bond motifs is 1. The number of H-pyrrole nitrogens is 1. The number of hydrogen-bond donors (Lipinski definition) is 2. The second-order valence-electron chi connectivity index (χ2n) is 5.96. The third-order valence-corrected chi connectivity index (χ3v) is 5.14. The summed E-state index contributed by atoms with van der Waals surface area (Å²) in [4.78, 5) is 3.10. The molecule has 2 aromatic carbocycles. The van der Waals surface area contributed by atoms with E-state index in [2.05, 4.69) is 51.8 Å². The number of aryl methyl sites for hydroxylation is 1. The fraction of sp³-hybridized carbons (Fsp3) is 0.105. The van der Waals surface area contributed by atoms with Gasteiger partial charge in [-0.05, 0) is 23.4 Å². The maximum absolute atomic E-state index is 6.01. The van der Waals surface area contributed by atoms with Crippen molar-refractivity contribution in [2.75, 3.05) is 5.73 Å². The van der Waals surface area contributed by atoms with E-state index in [4.69, 9.17) is 5.73 Å². The van der Waals surface area contributed by atoms with Crippen LogP contribution in [0, 0.1) is 6.92 Å². The molecule has 7 heteroatoms. The minimum absolute atomic E-state index is 0. The number of nitrogens with one attached hydrogen (secondary N) is 1. The standard InChI is InChI=1S/C19H17N5S.BrH/c1-12-7-9-13(10-8-12)16-11-25-19(24(16)2)23-22-18-15-6-4-3-5-14(15)17(20)21-18;/h3-11H,1-2H3,(H2,20,21,22);1H. The quantitative estimate of drug-likeness (QED) is 0.381. The molecule has 0 spiro atoms. The Labute approximate surface area is 166 Å². The lowest BCUT2D eigenvalue weighted by molar-refractivity contribution is -0.643. The molecule has 0 saturated heterocycles. The molecule has 0 fully saturated rings. The van der Waals surface area contributed by atoms with Gasteiger partial charge in [-0.1, -0.05) is 54.1 Å². The van der Waals surface area contributed by atoms with Crippen LogP contribution in [0.2, 0.25) is 0 Å². The van der Waals surface area contributed by atoms with Crippen molar-refractivity contribution in [3.63, 3.8) is 0 Å². The number of azo groups is 1. The molecule has 0 aliphatic rings. The molecule has 0 saturated carbocycles. The Bertz CT molecular complexity index is 1080. The van der Waals surface area contributed by atoms with E-state index in [0.29, 0.717) is 11.6 Å². The van der Waals surface area contributed by atoms with Gasteiger partial charge in [0.15, 0.2) is 5.82 Å². The molecule has 2 heterocycles. The van der Waals surface area contributed by atoms with E-state index < -0.39 is 0 Å². The van der Waals surface area contributed by atoms with Crippen molar-refractivity contribution in [3.05, 3.63) is 59.5 Å². The van der Waals surface area contributed by atoms with Gasteiger partial charge < -0.3 is 27.7 Å². The van der Waals surface area contributed by atoms with E-state index in [1.807, 2.05) is 35.9 Å². The number of thiazole rings is 1. The monoisotopic (exact) mass is 427 g/mol. The van der Waals surface area contributed by atoms with E-state index in [1.54, 1.807) is 11.3 Å². The average molecular weight is 428 g/mol. The Balaban J connectivity index is 0.00000196. The lowest BCUT2D eigenvalue weighted by atomic mass is 10.1. The molecule has 0 aliphatic heterocycles. The van der Waals surface area contributed by atoms with Crippen LogP contribution in [0.4, 0.5) is 16.8 Å². The first-order valence-corrected chi connectivity index (χ1v) is 8.84. The number of rotatable bonds is 3. The van der Waals surface area contributed by atoms with Crippen LogP contribution in [0.25, 0.3) is 22.0 Å². The Kier molecular flexibility index (Phi) is 5.20. The van der Waals surface area contributed by atoms with Gasteiger partial charge in [0.05, 0.1) is 12.2 Å². The smallest absolute Gasteiger partial charge is 0.408 e. The van der Waals surface area contributed by atoms with Gasteiger partial charge in [0.25, 0.3) is 0 Å². The molecule has 0 unspecified atom stereocenters. The summed E-state index contributed by atoms with van der Waals surface area (Å²) in [5.74, 6) is 1.29. The molecule has 0 amide bonds. The summed E-state index contributed by atoms with van der Waals surface area (Å²) in [6.07, 6.45) is 0. The largest absolute Gasteiger partial charge is 1.00 e. The van der Waals surface area contributed by atoms with Gasteiger partial charge >= 0.3 is 5.13 Å². The van der Waals surface area contributed by atoms with Gasteiger partial charge in [-0.3, -0.25) is 0 Å². The van der Waals surface area contributed by atoms with Crippen LogP contribution in [-0.2, 0) is 7.05 Å². The fourth-order valence-electron chi connectivity index (χ4n) is 2.80. The zero-order chi connectivity index (χ0) is 17.4. The van der Waals surface area contributed by atoms with Crippen molar-refractivity contribution in [1.82, 2.24) is 4.98 Å². The molecule has 4 rings (SSSR count). The highest BCUT2D eigenvalue weighted by Crippen LogP contribution is 2.32. The molecule has 0 bridgehead atoms. The third kappa shape index (κ3) is 3.27. The molecule has 0 aliphatic carbocycles. The predicted octanol–water partition coefficient (Wildman–Crippen LogP) is 2.03. The molecule has 0 radical (unpaired) electrons. The topological polar surface area (TPSA) is 70.4 Å². The minimum atomic E-state index is 0. The van der Waals surface area contributed by atoms with Crippen LogP contribution in [0.1, 0.15) is 5.56 Å². The summed E-state index contributed by atoms with van der Waals surface area (Å²) >= 11 is 1.56. The zero-order valence-electron chi connectivity index (χ0n) is 14.4. The van der Waals surface area contributed by atoms with Gasteiger partial charge in [-0.15, -0.1) is 0 Å². The van der Waals surface area contributed by atoms with Gasteiger partial charge in [-0.25, -0.2) is 4.57 Å². The number of aromatic nitrogens is 2. The summed E-state index contributed by atoms with van der Waals surface area (Å²) in [6, 6.07) is 16.4. The maximum Gasteiger partial charge on any atom is 0.408 e. The van der Waals surface area contributed by atoms with Crippen molar-refractivity contribution >= 4 is 38.9 Å².